The van der Waals surface area contributed by atoms with Gasteiger partial charge in [-0.3, -0.25) is 9.59 Å². The Morgan fingerprint density at radius 1 is 1.06 bits per heavy atom. The molecule has 0 spiro atoms. The second kappa shape index (κ2) is 9.59. The van der Waals surface area contributed by atoms with Crippen LogP contribution in [0.4, 0.5) is 5.69 Å². The molecule has 3 fully saturated rings. The number of hydrogen-bond acceptors (Lipinski definition) is 5. The van der Waals surface area contributed by atoms with Crippen molar-refractivity contribution in [2.24, 2.45) is 11.8 Å². The summed E-state index contributed by atoms with van der Waals surface area (Å²) in [7, 11) is -3.64. The number of ether oxygens (including phenoxy) is 1. The van der Waals surface area contributed by atoms with Crippen molar-refractivity contribution < 1.29 is 22.7 Å². The van der Waals surface area contributed by atoms with Crippen LogP contribution in [0.15, 0.2) is 23.1 Å². The largest absolute Gasteiger partial charge is 0.376 e. The molecule has 1 saturated carbocycles. The van der Waals surface area contributed by atoms with E-state index < -0.39 is 10.0 Å². The number of benzene rings is 1. The summed E-state index contributed by atoms with van der Waals surface area (Å²) in [5, 5.41) is 2.98. The monoisotopic (exact) mass is 489 g/mol. The van der Waals surface area contributed by atoms with Gasteiger partial charge in [-0.1, -0.05) is 6.42 Å². The summed E-state index contributed by atoms with van der Waals surface area (Å²) in [4.78, 5) is 27.6. The minimum absolute atomic E-state index is 0.00436. The zero-order valence-corrected chi connectivity index (χ0v) is 20.7. The minimum Gasteiger partial charge on any atom is -0.376 e. The molecule has 0 unspecified atom stereocenters. The second-order valence-corrected chi connectivity index (χ2v) is 12.2. The average Bonchev–Trinajstić information content (AvgIpc) is 3.42. The number of nitrogens with zero attached hydrogens (tertiary/aromatic N) is 2. The lowest BCUT2D eigenvalue weighted by molar-refractivity contribution is -0.126. The van der Waals surface area contributed by atoms with Crippen molar-refractivity contribution in [3.05, 3.63) is 23.8 Å². The molecule has 1 aromatic rings. The van der Waals surface area contributed by atoms with E-state index in [1.807, 2.05) is 11.8 Å². The summed E-state index contributed by atoms with van der Waals surface area (Å²) in [6, 6.07) is 5.22. The van der Waals surface area contributed by atoms with Gasteiger partial charge in [-0.15, -0.1) is 0 Å². The number of carbonyl (C=O) groups excluding carboxylic acids is 2. The highest BCUT2D eigenvalue weighted by atomic mass is 32.2. The van der Waals surface area contributed by atoms with Crippen LogP contribution in [0.3, 0.4) is 0 Å². The van der Waals surface area contributed by atoms with Gasteiger partial charge in [0, 0.05) is 49.8 Å². The van der Waals surface area contributed by atoms with Crippen LogP contribution in [0.25, 0.3) is 0 Å². The number of carbonyl (C=O) groups is 2. The van der Waals surface area contributed by atoms with Crippen LogP contribution in [0, 0.1) is 11.8 Å². The first-order valence-corrected chi connectivity index (χ1v) is 14.1. The van der Waals surface area contributed by atoms with Crippen molar-refractivity contribution in [3.63, 3.8) is 0 Å². The third kappa shape index (κ3) is 4.50. The smallest absolute Gasteiger partial charge is 0.243 e. The van der Waals surface area contributed by atoms with E-state index in [0.29, 0.717) is 38.9 Å². The van der Waals surface area contributed by atoms with Crippen LogP contribution in [0.5, 0.6) is 0 Å². The Morgan fingerprint density at radius 2 is 1.82 bits per heavy atom. The highest BCUT2D eigenvalue weighted by molar-refractivity contribution is 7.89. The van der Waals surface area contributed by atoms with Gasteiger partial charge < -0.3 is 15.0 Å². The van der Waals surface area contributed by atoms with Crippen molar-refractivity contribution in [2.75, 3.05) is 31.1 Å². The Hall–Kier alpha value is -1.97. The van der Waals surface area contributed by atoms with E-state index in [1.54, 1.807) is 18.2 Å². The van der Waals surface area contributed by atoms with E-state index >= 15 is 0 Å². The van der Waals surface area contributed by atoms with Gasteiger partial charge >= 0.3 is 0 Å². The summed E-state index contributed by atoms with van der Waals surface area (Å²) in [6.07, 6.45) is 6.82. The molecule has 34 heavy (non-hydrogen) atoms. The molecule has 0 bridgehead atoms. The lowest BCUT2D eigenvalue weighted by Gasteiger charge is -2.32. The topological polar surface area (TPSA) is 96.0 Å². The lowest BCUT2D eigenvalue weighted by Crippen LogP contribution is -2.44. The molecular weight excluding hydrogens is 454 g/mol. The molecule has 2 saturated heterocycles. The van der Waals surface area contributed by atoms with Crippen LogP contribution in [-0.4, -0.2) is 62.9 Å². The SMILES string of the molecule is C[C@@H]1Cc2cc(S(=O)(=O)N3CCC(C(=O)NC[C@@H]4CCCO4)CC3)ccc2N1C(=O)C1CCC1. The summed E-state index contributed by atoms with van der Waals surface area (Å²) in [5.41, 5.74) is 1.77. The Kier molecular flexibility index (Phi) is 6.70. The quantitative estimate of drug-likeness (QED) is 0.662. The third-order valence-electron chi connectivity index (χ3n) is 7.95. The molecule has 8 nitrogen and oxygen atoms in total. The number of piperidine rings is 1. The van der Waals surface area contributed by atoms with E-state index in [0.717, 1.165) is 50.0 Å². The molecule has 1 aliphatic carbocycles. The first-order chi connectivity index (χ1) is 16.3. The Morgan fingerprint density at radius 3 is 2.47 bits per heavy atom. The van der Waals surface area contributed by atoms with E-state index in [2.05, 4.69) is 5.32 Å². The number of fused-ring (bicyclic) bond motifs is 1. The van der Waals surface area contributed by atoms with Crippen molar-refractivity contribution in [1.82, 2.24) is 9.62 Å². The highest BCUT2D eigenvalue weighted by Crippen LogP contribution is 2.38. The van der Waals surface area contributed by atoms with Crippen molar-refractivity contribution in [2.45, 2.75) is 75.3 Å². The Balaban J connectivity index is 1.21. The van der Waals surface area contributed by atoms with Gasteiger partial charge in [0.2, 0.25) is 21.8 Å². The van der Waals surface area contributed by atoms with Crippen molar-refractivity contribution >= 4 is 27.5 Å². The fourth-order valence-electron chi connectivity index (χ4n) is 5.63. The van der Waals surface area contributed by atoms with Crippen molar-refractivity contribution in [1.29, 1.82) is 0 Å². The molecule has 186 valence electrons. The summed E-state index contributed by atoms with van der Waals surface area (Å²) < 4.78 is 33.8. The standard InChI is InChI=1S/C25H35N3O5S/c1-17-14-20-15-22(7-8-23(20)28(17)25(30)19-4-2-5-19)34(31,32)27-11-9-18(10-12-27)24(29)26-16-21-6-3-13-33-21/h7-8,15,17-19,21H,2-6,9-14,16H2,1H3,(H,26,29)/t17-,21+/m1/s1. The van der Waals surface area contributed by atoms with Gasteiger partial charge in [0.05, 0.1) is 11.0 Å². The maximum absolute atomic E-state index is 13.4. The zero-order chi connectivity index (χ0) is 23.9. The number of rotatable bonds is 6. The third-order valence-corrected chi connectivity index (χ3v) is 9.84. The molecule has 3 heterocycles. The highest BCUT2D eigenvalue weighted by Gasteiger charge is 2.38. The van der Waals surface area contributed by atoms with E-state index in [-0.39, 0.29) is 40.7 Å². The molecule has 1 N–H and O–H groups in total. The number of sulfonamides is 1. The summed E-state index contributed by atoms with van der Waals surface area (Å²) in [6.45, 7) is 3.98. The van der Waals surface area contributed by atoms with E-state index in [4.69, 9.17) is 4.74 Å². The number of nitrogens with one attached hydrogen (secondary N) is 1. The first-order valence-electron chi connectivity index (χ1n) is 12.7. The molecule has 0 aromatic heterocycles. The number of anilines is 1. The van der Waals surface area contributed by atoms with Gasteiger partial charge in [-0.2, -0.15) is 4.31 Å². The van der Waals surface area contributed by atoms with E-state index in [9.17, 15) is 18.0 Å². The maximum atomic E-state index is 13.4. The Bertz CT molecular complexity index is 1040. The average molecular weight is 490 g/mol. The normalized spacial score (nSPS) is 26.3. The molecule has 3 aliphatic heterocycles. The molecule has 5 rings (SSSR count). The number of amides is 2. The molecule has 2 amide bonds. The molecule has 4 aliphatic rings. The second-order valence-electron chi connectivity index (χ2n) is 10.2. The van der Waals surface area contributed by atoms with Crippen LogP contribution in [0.1, 0.15) is 57.4 Å². The van der Waals surface area contributed by atoms with Crippen LogP contribution in [0.2, 0.25) is 0 Å². The minimum atomic E-state index is -3.64. The van der Waals surface area contributed by atoms with Crippen LogP contribution < -0.4 is 10.2 Å². The lowest BCUT2D eigenvalue weighted by atomic mass is 9.84. The van der Waals surface area contributed by atoms with Gasteiger partial charge in [0.15, 0.2) is 0 Å². The fourth-order valence-corrected chi connectivity index (χ4v) is 7.15. The molecule has 1 aromatic carbocycles. The van der Waals surface area contributed by atoms with Gasteiger partial charge in [0.25, 0.3) is 0 Å². The summed E-state index contributed by atoms with van der Waals surface area (Å²) in [5.74, 6) is 0.115. The van der Waals surface area contributed by atoms with Crippen LogP contribution >= 0.6 is 0 Å². The molecule has 2 atom stereocenters. The predicted octanol–water partition coefficient (Wildman–Crippen LogP) is 2.46. The predicted molar refractivity (Wildman–Crippen MR) is 128 cm³/mol. The van der Waals surface area contributed by atoms with Gasteiger partial charge in [0.1, 0.15) is 0 Å². The number of hydrogen-bond donors (Lipinski definition) is 1. The maximum Gasteiger partial charge on any atom is 0.243 e. The molecular formula is C25H35N3O5S. The summed E-state index contributed by atoms with van der Waals surface area (Å²) >= 11 is 0. The first kappa shape index (κ1) is 23.8. The zero-order valence-electron chi connectivity index (χ0n) is 19.9. The van der Waals surface area contributed by atoms with Crippen LogP contribution in [-0.2, 0) is 30.8 Å². The molecule has 0 radical (unpaired) electrons. The molecule has 9 heteroatoms. The van der Waals surface area contributed by atoms with E-state index in [1.165, 1.54) is 4.31 Å². The fraction of sp³-hybridized carbons (Fsp3) is 0.680. The van der Waals surface area contributed by atoms with Gasteiger partial charge in [-0.25, -0.2) is 8.42 Å². The van der Waals surface area contributed by atoms with Gasteiger partial charge in [-0.05, 0) is 75.6 Å². The van der Waals surface area contributed by atoms with Crippen molar-refractivity contribution in [3.8, 4) is 0 Å². The Labute approximate surface area is 202 Å².